The van der Waals surface area contributed by atoms with E-state index in [9.17, 15) is 14.9 Å². The van der Waals surface area contributed by atoms with Crippen LogP contribution in [0.5, 0.6) is 11.5 Å². The number of nitriles is 1. The van der Waals surface area contributed by atoms with Gasteiger partial charge in [0.2, 0.25) is 0 Å². The molecule has 0 bridgehead atoms. The summed E-state index contributed by atoms with van der Waals surface area (Å²) < 4.78 is 15.6. The molecule has 0 aromatic heterocycles. The molecular weight excluding hydrogens is 324 g/mol. The molecule has 1 atom stereocenters. The summed E-state index contributed by atoms with van der Waals surface area (Å²) in [6.45, 7) is 3.55. The van der Waals surface area contributed by atoms with Gasteiger partial charge in [-0.05, 0) is 50.8 Å². The molecule has 7 nitrogen and oxygen atoms in total. The smallest absolute Gasteiger partial charge is 0.338 e. The first-order chi connectivity index (χ1) is 11.9. The van der Waals surface area contributed by atoms with E-state index in [1.54, 1.807) is 13.0 Å². The van der Waals surface area contributed by atoms with Crippen molar-refractivity contribution in [2.45, 2.75) is 32.2 Å². The van der Waals surface area contributed by atoms with Gasteiger partial charge >= 0.3 is 5.97 Å². The van der Waals surface area contributed by atoms with Crippen LogP contribution in [0.25, 0.3) is 0 Å². The highest BCUT2D eigenvalue weighted by Gasteiger charge is 2.43. The quantitative estimate of drug-likeness (QED) is 0.724. The molecular formula is C18H22N2O5. The van der Waals surface area contributed by atoms with E-state index in [0.717, 1.165) is 12.8 Å². The van der Waals surface area contributed by atoms with Crippen molar-refractivity contribution in [2.75, 3.05) is 20.3 Å². The molecule has 134 valence electrons. The zero-order valence-electron chi connectivity index (χ0n) is 14.6. The second-order valence-corrected chi connectivity index (χ2v) is 6.01. The van der Waals surface area contributed by atoms with Crippen molar-refractivity contribution < 1.29 is 23.8 Å². The predicted octanol–water partition coefficient (Wildman–Crippen LogP) is 2.06. The number of amides is 1. The van der Waals surface area contributed by atoms with Crippen LogP contribution in [-0.4, -0.2) is 37.7 Å². The molecule has 25 heavy (non-hydrogen) atoms. The van der Waals surface area contributed by atoms with E-state index < -0.39 is 24.0 Å². The lowest BCUT2D eigenvalue weighted by atomic mass is 9.98. The maximum Gasteiger partial charge on any atom is 0.338 e. The number of ether oxygens (including phenoxy) is 3. The summed E-state index contributed by atoms with van der Waals surface area (Å²) in [6, 6.07) is 6.76. The number of carbonyl (C=O) groups is 2. The maximum absolute atomic E-state index is 12.1. The minimum Gasteiger partial charge on any atom is -0.493 e. The molecule has 1 amide bonds. The lowest BCUT2D eigenvalue weighted by Gasteiger charge is -2.22. The van der Waals surface area contributed by atoms with E-state index in [-0.39, 0.29) is 11.5 Å². The number of methoxy groups -OCH3 is 1. The van der Waals surface area contributed by atoms with Gasteiger partial charge in [0.05, 0.1) is 25.3 Å². The molecule has 1 saturated carbocycles. The second-order valence-electron chi connectivity index (χ2n) is 6.01. The van der Waals surface area contributed by atoms with Gasteiger partial charge < -0.3 is 19.5 Å². The van der Waals surface area contributed by atoms with Crippen LogP contribution in [0, 0.1) is 17.2 Å². The molecule has 2 rings (SSSR count). The first-order valence-electron chi connectivity index (χ1n) is 8.13. The van der Waals surface area contributed by atoms with Crippen molar-refractivity contribution in [2.24, 2.45) is 5.92 Å². The Hall–Kier alpha value is -2.75. The second kappa shape index (κ2) is 7.88. The van der Waals surface area contributed by atoms with Crippen LogP contribution >= 0.6 is 0 Å². The first-order valence-corrected chi connectivity index (χ1v) is 8.13. The number of benzene rings is 1. The number of carbonyl (C=O) groups excluding carboxylic acids is 2. The number of nitrogens with one attached hydrogen (secondary N) is 1. The Labute approximate surface area is 146 Å². The van der Waals surface area contributed by atoms with Crippen LogP contribution < -0.4 is 14.8 Å². The van der Waals surface area contributed by atoms with Crippen LogP contribution in [0.15, 0.2) is 18.2 Å². The minimum atomic E-state index is -0.911. The van der Waals surface area contributed by atoms with Gasteiger partial charge in [-0.15, -0.1) is 0 Å². The molecule has 1 aliphatic rings. The monoisotopic (exact) mass is 346 g/mol. The molecule has 1 aliphatic carbocycles. The van der Waals surface area contributed by atoms with Crippen molar-refractivity contribution in [1.82, 2.24) is 5.32 Å². The highest BCUT2D eigenvalue weighted by molar-refractivity contribution is 5.92. The van der Waals surface area contributed by atoms with E-state index in [4.69, 9.17) is 14.2 Å². The summed E-state index contributed by atoms with van der Waals surface area (Å²) in [5.41, 5.74) is -0.662. The zero-order valence-corrected chi connectivity index (χ0v) is 14.6. The van der Waals surface area contributed by atoms with E-state index in [0.29, 0.717) is 18.1 Å². The van der Waals surface area contributed by atoms with Crippen LogP contribution in [0.2, 0.25) is 0 Å². The summed E-state index contributed by atoms with van der Waals surface area (Å²) >= 11 is 0. The Balaban J connectivity index is 1.93. The third-order valence-electron chi connectivity index (χ3n) is 4.06. The highest BCUT2D eigenvalue weighted by Crippen LogP contribution is 2.39. The molecule has 1 aromatic rings. The minimum absolute atomic E-state index is 0.160. The van der Waals surface area contributed by atoms with Crippen molar-refractivity contribution in [1.29, 1.82) is 5.26 Å². The van der Waals surface area contributed by atoms with E-state index >= 15 is 0 Å². The van der Waals surface area contributed by atoms with Gasteiger partial charge in [0.25, 0.3) is 5.91 Å². The SMILES string of the molecule is CCOc1ccc(C(=O)OCC(=O)N[C@](C)(C#N)C2CC2)cc1OC. The Kier molecular flexibility index (Phi) is 5.86. The average Bonchev–Trinajstić information content (AvgIpc) is 3.45. The Bertz CT molecular complexity index is 693. The molecule has 1 aromatic carbocycles. The topological polar surface area (TPSA) is 97.6 Å². The largest absolute Gasteiger partial charge is 0.493 e. The van der Waals surface area contributed by atoms with Crippen LogP contribution in [0.4, 0.5) is 0 Å². The first kappa shape index (κ1) is 18.6. The van der Waals surface area contributed by atoms with Gasteiger partial charge in [0, 0.05) is 0 Å². The number of hydrogen-bond acceptors (Lipinski definition) is 6. The summed E-state index contributed by atoms with van der Waals surface area (Å²) in [7, 11) is 1.47. The van der Waals surface area contributed by atoms with Gasteiger partial charge in [0.1, 0.15) is 5.54 Å². The Morgan fingerprint density at radius 1 is 1.36 bits per heavy atom. The fraction of sp³-hybridized carbons (Fsp3) is 0.500. The molecule has 0 radical (unpaired) electrons. The summed E-state index contributed by atoms with van der Waals surface area (Å²) in [5.74, 6) is -0.0589. The molecule has 0 unspecified atom stereocenters. The molecule has 1 fully saturated rings. The molecule has 0 heterocycles. The third-order valence-corrected chi connectivity index (χ3v) is 4.06. The van der Waals surface area contributed by atoms with Gasteiger partial charge in [-0.1, -0.05) is 0 Å². The van der Waals surface area contributed by atoms with Crippen LogP contribution in [-0.2, 0) is 9.53 Å². The summed E-state index contributed by atoms with van der Waals surface area (Å²) in [5, 5.41) is 11.9. The maximum atomic E-state index is 12.1. The van der Waals surface area contributed by atoms with Crippen molar-refractivity contribution in [3.63, 3.8) is 0 Å². The van der Waals surface area contributed by atoms with E-state index in [1.807, 2.05) is 6.92 Å². The molecule has 0 aliphatic heterocycles. The number of esters is 1. The van der Waals surface area contributed by atoms with E-state index in [1.165, 1.54) is 19.2 Å². The number of rotatable bonds is 8. The van der Waals surface area contributed by atoms with E-state index in [2.05, 4.69) is 11.4 Å². The highest BCUT2D eigenvalue weighted by atomic mass is 16.5. The lowest BCUT2D eigenvalue weighted by Crippen LogP contribution is -2.48. The molecule has 7 heteroatoms. The van der Waals surface area contributed by atoms with Crippen molar-refractivity contribution in [3.8, 4) is 17.6 Å². The summed E-state index contributed by atoms with van der Waals surface area (Å²) in [4.78, 5) is 24.1. The number of nitrogens with zero attached hydrogens (tertiary/aromatic N) is 1. The van der Waals surface area contributed by atoms with Crippen LogP contribution in [0.3, 0.4) is 0 Å². The van der Waals surface area contributed by atoms with Gasteiger partial charge in [-0.3, -0.25) is 4.79 Å². The predicted molar refractivity (Wildman–Crippen MR) is 89.3 cm³/mol. The van der Waals surface area contributed by atoms with Gasteiger partial charge in [-0.2, -0.15) is 5.26 Å². The zero-order chi connectivity index (χ0) is 18.4. The van der Waals surface area contributed by atoms with Gasteiger partial charge in [-0.25, -0.2) is 4.79 Å². The lowest BCUT2D eigenvalue weighted by molar-refractivity contribution is -0.125. The standard InChI is InChI=1S/C18H22N2O5/c1-4-24-14-8-5-12(9-15(14)23-3)17(22)25-10-16(21)20-18(2,11-19)13-6-7-13/h5,8-9,13H,4,6-7,10H2,1-3H3,(H,20,21)/t18-/m1/s1. The Morgan fingerprint density at radius 2 is 2.08 bits per heavy atom. The number of hydrogen-bond donors (Lipinski definition) is 1. The Morgan fingerprint density at radius 3 is 2.64 bits per heavy atom. The molecule has 0 saturated heterocycles. The van der Waals surface area contributed by atoms with Crippen molar-refractivity contribution >= 4 is 11.9 Å². The van der Waals surface area contributed by atoms with Crippen molar-refractivity contribution in [3.05, 3.63) is 23.8 Å². The third kappa shape index (κ3) is 4.63. The summed E-state index contributed by atoms with van der Waals surface area (Å²) in [6.07, 6.45) is 1.83. The fourth-order valence-corrected chi connectivity index (χ4v) is 2.49. The fourth-order valence-electron chi connectivity index (χ4n) is 2.49. The normalized spacial score (nSPS) is 15.4. The molecule has 0 spiro atoms. The van der Waals surface area contributed by atoms with Gasteiger partial charge in [0.15, 0.2) is 18.1 Å². The average molecular weight is 346 g/mol. The molecule has 1 N–H and O–H groups in total. The van der Waals surface area contributed by atoms with Crippen LogP contribution in [0.1, 0.15) is 37.0 Å².